The van der Waals surface area contributed by atoms with E-state index in [4.69, 9.17) is 5.11 Å². The molecule has 0 saturated carbocycles. The van der Waals surface area contributed by atoms with Gasteiger partial charge >= 0.3 is 24.8 Å². The van der Waals surface area contributed by atoms with Gasteiger partial charge in [-0.2, -0.15) is 5.10 Å². The van der Waals surface area contributed by atoms with E-state index < -0.39 is 5.97 Å². The second kappa shape index (κ2) is 7.20. The van der Waals surface area contributed by atoms with Gasteiger partial charge in [0.05, 0.1) is 23.7 Å². The quantitative estimate of drug-likeness (QED) is 0.579. The molecule has 0 spiro atoms. The number of aromatic nitrogens is 4. The Morgan fingerprint density at radius 2 is 1.88 bits per heavy atom. The zero-order chi connectivity index (χ0) is 17.4. The summed E-state index contributed by atoms with van der Waals surface area (Å²) in [5.74, 6) is -0.830. The molecule has 7 heteroatoms. The van der Waals surface area contributed by atoms with E-state index in [0.717, 1.165) is 33.4 Å². The molecule has 126 valence electrons. The summed E-state index contributed by atoms with van der Waals surface area (Å²) in [6.45, 7) is 0. The maximum absolute atomic E-state index is 10.8. The molecule has 0 atom stereocenters. The van der Waals surface area contributed by atoms with E-state index in [2.05, 4.69) is 16.1 Å². The molecule has 2 aromatic heterocycles. The third-order valence-corrected chi connectivity index (χ3v) is 4.16. The van der Waals surface area contributed by atoms with Crippen molar-refractivity contribution in [3.63, 3.8) is 0 Å². The van der Waals surface area contributed by atoms with Crippen molar-refractivity contribution in [2.75, 3.05) is 0 Å². The molecule has 0 fully saturated rings. The van der Waals surface area contributed by atoms with E-state index in [1.54, 1.807) is 11.0 Å². The minimum absolute atomic E-state index is 0. The van der Waals surface area contributed by atoms with Gasteiger partial charge in [-0.1, -0.05) is 18.2 Å². The number of hydrogen-bond acceptors (Lipinski definition) is 3. The molecule has 0 aliphatic heterocycles. The average Bonchev–Trinajstić information content (AvgIpc) is 3.21. The van der Waals surface area contributed by atoms with Gasteiger partial charge in [0, 0.05) is 24.5 Å². The Balaban J connectivity index is 0.00000196. The first kappa shape index (κ1) is 18.0. The molecular weight excluding hydrogens is 323 g/mol. The number of aryl methyl sites for hydroxylation is 1. The van der Waals surface area contributed by atoms with Crippen LogP contribution >= 0.6 is 0 Å². The molecule has 4 aromatic rings. The third kappa shape index (κ3) is 3.43. The normalized spacial score (nSPS) is 10.7. The molecule has 0 aliphatic carbocycles. The number of aliphatic carboxylic acids is 1. The molecule has 0 bridgehead atoms. The number of rotatable bonds is 4. The summed E-state index contributed by atoms with van der Waals surface area (Å²) in [6.07, 6.45) is 5.61. The Bertz CT molecular complexity index is 1070. The predicted octanol–water partition coefficient (Wildman–Crippen LogP) is 2.40. The summed E-state index contributed by atoms with van der Waals surface area (Å²) >= 11 is 0. The zero-order valence-corrected chi connectivity index (χ0v) is 13.6. The summed E-state index contributed by atoms with van der Waals surface area (Å²) in [5, 5.41) is 13.1. The van der Waals surface area contributed by atoms with Crippen molar-refractivity contribution in [1.29, 1.82) is 0 Å². The Labute approximate surface area is 162 Å². The monoisotopic (exact) mass is 340 g/mol. The van der Waals surface area contributed by atoms with Crippen LogP contribution in [0.4, 0.5) is 0 Å². The summed E-state index contributed by atoms with van der Waals surface area (Å²) in [5.41, 5.74) is 5.75. The predicted molar refractivity (Wildman–Crippen MR) is 102 cm³/mol. The molecule has 0 unspecified atom stereocenters. The molecule has 2 aromatic carbocycles. The number of carbonyl (C=O) groups is 1. The van der Waals surface area contributed by atoms with E-state index in [9.17, 15) is 4.79 Å². The van der Waals surface area contributed by atoms with Crippen molar-refractivity contribution < 1.29 is 9.90 Å². The van der Waals surface area contributed by atoms with Gasteiger partial charge in [-0.3, -0.25) is 14.0 Å². The second-order valence-corrected chi connectivity index (χ2v) is 5.96. The first-order chi connectivity index (χ1) is 12.1. The standard InChI is InChI=1S/C19H16N4O2.Li.H/c1-22-11-15(10-21-22)14-4-7-18-17(9-14)20-12-23(18)16-5-2-13(3-6-16)8-19(24)25;;/h2-7,9-12H,8H2,1H3,(H,24,25);;. The van der Waals surface area contributed by atoms with Crippen LogP contribution in [0.15, 0.2) is 61.2 Å². The number of hydrogen-bond donors (Lipinski definition) is 1. The molecule has 26 heavy (non-hydrogen) atoms. The third-order valence-electron chi connectivity index (χ3n) is 4.16. The second-order valence-electron chi connectivity index (χ2n) is 5.96. The Morgan fingerprint density at radius 3 is 2.54 bits per heavy atom. The number of carboxylic acid groups (broad SMARTS) is 1. The summed E-state index contributed by atoms with van der Waals surface area (Å²) in [7, 11) is 1.89. The first-order valence-electron chi connectivity index (χ1n) is 7.87. The van der Waals surface area contributed by atoms with Crippen LogP contribution < -0.4 is 0 Å². The number of imidazole rings is 1. The van der Waals surface area contributed by atoms with E-state index >= 15 is 0 Å². The van der Waals surface area contributed by atoms with Crippen molar-refractivity contribution in [2.45, 2.75) is 6.42 Å². The summed E-state index contributed by atoms with van der Waals surface area (Å²) in [4.78, 5) is 15.3. The van der Waals surface area contributed by atoms with E-state index in [-0.39, 0.29) is 25.3 Å². The fourth-order valence-electron chi connectivity index (χ4n) is 2.92. The van der Waals surface area contributed by atoms with Crippen LogP contribution in [-0.4, -0.2) is 49.3 Å². The molecular formula is C19H17LiN4O2. The van der Waals surface area contributed by atoms with Crippen molar-refractivity contribution in [2.24, 2.45) is 7.05 Å². The van der Waals surface area contributed by atoms with Crippen LogP contribution in [0.5, 0.6) is 0 Å². The average molecular weight is 340 g/mol. The van der Waals surface area contributed by atoms with E-state index in [1.165, 1.54) is 0 Å². The van der Waals surface area contributed by atoms with Crippen LogP contribution in [0.1, 0.15) is 5.56 Å². The molecule has 0 aliphatic rings. The fraction of sp³-hybridized carbons (Fsp3) is 0.105. The van der Waals surface area contributed by atoms with Gasteiger partial charge in [-0.05, 0) is 35.4 Å². The molecule has 0 saturated heterocycles. The van der Waals surface area contributed by atoms with Crippen LogP contribution in [0.3, 0.4) is 0 Å². The van der Waals surface area contributed by atoms with Crippen LogP contribution in [0.2, 0.25) is 0 Å². The van der Waals surface area contributed by atoms with Crippen molar-refractivity contribution in [3.8, 4) is 16.8 Å². The Kier molecular flexibility index (Phi) is 4.98. The van der Waals surface area contributed by atoms with Crippen molar-refractivity contribution in [3.05, 3.63) is 66.7 Å². The fourth-order valence-corrected chi connectivity index (χ4v) is 2.92. The van der Waals surface area contributed by atoms with Gasteiger partial charge in [-0.15, -0.1) is 0 Å². The first-order valence-corrected chi connectivity index (χ1v) is 7.87. The van der Waals surface area contributed by atoms with Crippen molar-refractivity contribution >= 4 is 35.9 Å². The molecule has 0 amide bonds. The van der Waals surface area contributed by atoms with E-state index in [1.807, 2.05) is 60.4 Å². The van der Waals surface area contributed by atoms with Gasteiger partial charge in [0.2, 0.25) is 0 Å². The summed E-state index contributed by atoms with van der Waals surface area (Å²) in [6, 6.07) is 13.6. The van der Waals surface area contributed by atoms with Gasteiger partial charge in [-0.25, -0.2) is 4.98 Å². The number of fused-ring (bicyclic) bond motifs is 1. The number of nitrogens with zero attached hydrogens (tertiary/aromatic N) is 4. The molecule has 2 heterocycles. The number of benzene rings is 2. The molecule has 1 N–H and O–H groups in total. The maximum atomic E-state index is 10.8. The van der Waals surface area contributed by atoms with Gasteiger partial charge < -0.3 is 5.11 Å². The van der Waals surface area contributed by atoms with Crippen LogP contribution in [0, 0.1) is 0 Å². The molecule has 6 nitrogen and oxygen atoms in total. The van der Waals surface area contributed by atoms with Crippen LogP contribution in [0.25, 0.3) is 27.8 Å². The minimum atomic E-state index is -0.830. The van der Waals surface area contributed by atoms with Gasteiger partial charge in [0.1, 0.15) is 6.33 Å². The zero-order valence-electron chi connectivity index (χ0n) is 13.6. The molecule has 0 radical (unpaired) electrons. The van der Waals surface area contributed by atoms with E-state index in [0.29, 0.717) is 0 Å². The van der Waals surface area contributed by atoms with Crippen molar-refractivity contribution in [1.82, 2.24) is 19.3 Å². The van der Waals surface area contributed by atoms with Crippen LogP contribution in [-0.2, 0) is 18.3 Å². The van der Waals surface area contributed by atoms with Gasteiger partial charge in [0.15, 0.2) is 0 Å². The Hall–Kier alpha value is -2.81. The molecule has 4 rings (SSSR count). The Morgan fingerprint density at radius 1 is 1.12 bits per heavy atom. The SMILES string of the molecule is Cn1cc(-c2ccc3c(c2)ncn3-c2ccc(CC(=O)O)cc2)cn1.[LiH]. The summed E-state index contributed by atoms with van der Waals surface area (Å²) < 4.78 is 3.77. The topological polar surface area (TPSA) is 72.9 Å². The van der Waals surface area contributed by atoms with Gasteiger partial charge in [0.25, 0.3) is 0 Å². The number of carboxylic acids is 1.